The van der Waals surface area contributed by atoms with Gasteiger partial charge in [0.1, 0.15) is 5.82 Å². The van der Waals surface area contributed by atoms with Crippen molar-refractivity contribution in [2.24, 2.45) is 0 Å². The summed E-state index contributed by atoms with van der Waals surface area (Å²) < 4.78 is 1.56. The number of benzene rings is 1. The van der Waals surface area contributed by atoms with E-state index in [1.165, 1.54) is 0 Å². The minimum Gasteiger partial charge on any atom is -0.281 e. The minimum absolute atomic E-state index is 0.0522. The quantitative estimate of drug-likeness (QED) is 0.786. The highest BCUT2D eigenvalue weighted by atomic mass is 16.1. The highest BCUT2D eigenvalue weighted by Gasteiger charge is 2.13. The zero-order valence-electron chi connectivity index (χ0n) is 11.2. The van der Waals surface area contributed by atoms with Gasteiger partial charge in [0.2, 0.25) is 0 Å². The summed E-state index contributed by atoms with van der Waals surface area (Å²) in [7, 11) is 0. The van der Waals surface area contributed by atoms with Gasteiger partial charge in [-0.1, -0.05) is 43.2 Å². The van der Waals surface area contributed by atoms with Crippen LogP contribution in [-0.2, 0) is 13.0 Å². The molecule has 0 saturated heterocycles. The first-order valence-electron chi connectivity index (χ1n) is 6.28. The van der Waals surface area contributed by atoms with Crippen LogP contribution in [0, 0.1) is 19.3 Å². The molecule has 0 saturated carbocycles. The summed E-state index contributed by atoms with van der Waals surface area (Å²) in [6, 6.07) is 9.65. The first kappa shape index (κ1) is 13.1. The van der Waals surface area contributed by atoms with Gasteiger partial charge < -0.3 is 0 Å². The molecule has 0 amide bonds. The Morgan fingerprint density at radius 1 is 1.32 bits per heavy atom. The highest BCUT2D eigenvalue weighted by molar-refractivity contribution is 5.55. The molecule has 0 aliphatic carbocycles. The molecule has 1 heterocycles. The van der Waals surface area contributed by atoms with Crippen LogP contribution in [0.2, 0.25) is 0 Å². The van der Waals surface area contributed by atoms with Crippen LogP contribution in [0.4, 0.5) is 0 Å². The lowest BCUT2D eigenvalue weighted by Gasteiger charge is -2.13. The number of hydrogen-bond acceptors (Lipinski definition) is 2. The summed E-state index contributed by atoms with van der Waals surface area (Å²) in [6.07, 6.45) is 6.09. The van der Waals surface area contributed by atoms with Crippen molar-refractivity contribution in [2.45, 2.75) is 26.8 Å². The molecule has 0 fully saturated rings. The maximum atomic E-state index is 12.4. The molecule has 19 heavy (non-hydrogen) atoms. The SMILES string of the molecule is C#CCn1c(-c2ccccc2)nc(CC)c(C)c1=O. The predicted molar refractivity (Wildman–Crippen MR) is 76.9 cm³/mol. The van der Waals surface area contributed by atoms with E-state index in [-0.39, 0.29) is 12.1 Å². The Labute approximate surface area is 112 Å². The summed E-state index contributed by atoms with van der Waals surface area (Å²) in [4.78, 5) is 17.0. The number of rotatable bonds is 3. The van der Waals surface area contributed by atoms with Crippen LogP contribution in [0.1, 0.15) is 18.2 Å². The fraction of sp³-hybridized carbons (Fsp3) is 0.250. The van der Waals surface area contributed by atoms with Gasteiger partial charge in [0.05, 0.1) is 12.2 Å². The van der Waals surface area contributed by atoms with Gasteiger partial charge in [-0.05, 0) is 13.3 Å². The van der Waals surface area contributed by atoms with Crippen LogP contribution in [-0.4, -0.2) is 9.55 Å². The molecule has 96 valence electrons. The third-order valence-electron chi connectivity index (χ3n) is 3.11. The second-order valence-corrected chi connectivity index (χ2v) is 4.32. The van der Waals surface area contributed by atoms with Crippen molar-refractivity contribution in [3.05, 3.63) is 51.9 Å². The largest absolute Gasteiger partial charge is 0.281 e. The second kappa shape index (κ2) is 5.53. The van der Waals surface area contributed by atoms with Crippen LogP contribution >= 0.6 is 0 Å². The first-order chi connectivity index (χ1) is 9.19. The average molecular weight is 252 g/mol. The molecule has 1 aromatic carbocycles. The van der Waals surface area contributed by atoms with E-state index in [4.69, 9.17) is 6.42 Å². The normalized spacial score (nSPS) is 10.2. The van der Waals surface area contributed by atoms with E-state index >= 15 is 0 Å². The van der Waals surface area contributed by atoms with Crippen LogP contribution < -0.4 is 5.56 Å². The van der Waals surface area contributed by atoms with E-state index in [1.807, 2.05) is 37.3 Å². The van der Waals surface area contributed by atoms with Crippen molar-refractivity contribution in [1.82, 2.24) is 9.55 Å². The zero-order chi connectivity index (χ0) is 13.8. The first-order valence-corrected chi connectivity index (χ1v) is 6.28. The summed E-state index contributed by atoms with van der Waals surface area (Å²) in [5, 5.41) is 0. The van der Waals surface area contributed by atoms with Crippen molar-refractivity contribution in [1.29, 1.82) is 0 Å². The fourth-order valence-corrected chi connectivity index (χ4v) is 2.08. The van der Waals surface area contributed by atoms with Gasteiger partial charge in [-0.15, -0.1) is 6.42 Å². The van der Waals surface area contributed by atoms with Gasteiger partial charge in [0.25, 0.3) is 5.56 Å². The van der Waals surface area contributed by atoms with Crippen LogP contribution in [0.25, 0.3) is 11.4 Å². The Hall–Kier alpha value is -2.34. The topological polar surface area (TPSA) is 34.9 Å². The second-order valence-electron chi connectivity index (χ2n) is 4.32. The Bertz CT molecular complexity index is 678. The molecule has 3 nitrogen and oxygen atoms in total. The van der Waals surface area contributed by atoms with Crippen LogP contribution in [0.5, 0.6) is 0 Å². The Kier molecular flexibility index (Phi) is 3.82. The molecule has 0 unspecified atom stereocenters. The average Bonchev–Trinajstić information content (AvgIpc) is 2.45. The predicted octanol–water partition coefficient (Wildman–Crippen LogP) is 2.41. The van der Waals surface area contributed by atoms with E-state index in [0.29, 0.717) is 11.4 Å². The lowest BCUT2D eigenvalue weighted by molar-refractivity contribution is 0.754. The molecule has 2 rings (SSSR count). The maximum absolute atomic E-state index is 12.4. The smallest absolute Gasteiger partial charge is 0.257 e. The minimum atomic E-state index is -0.0522. The van der Waals surface area contributed by atoms with E-state index in [9.17, 15) is 4.79 Å². The standard InChI is InChI=1S/C16H16N2O/c1-4-11-18-15(13-9-7-6-8-10-13)17-14(5-2)12(3)16(18)19/h1,6-10H,5,11H2,2-3H3. The van der Waals surface area contributed by atoms with E-state index in [0.717, 1.165) is 17.7 Å². The van der Waals surface area contributed by atoms with Crippen molar-refractivity contribution >= 4 is 0 Å². The van der Waals surface area contributed by atoms with Crippen LogP contribution in [0.3, 0.4) is 0 Å². The Balaban J connectivity index is 2.75. The molecule has 0 atom stereocenters. The monoisotopic (exact) mass is 252 g/mol. The molecule has 3 heteroatoms. The molecular formula is C16H16N2O. The summed E-state index contributed by atoms with van der Waals surface area (Å²) >= 11 is 0. The fourth-order valence-electron chi connectivity index (χ4n) is 2.08. The third-order valence-corrected chi connectivity index (χ3v) is 3.11. The molecule has 2 aromatic rings. The maximum Gasteiger partial charge on any atom is 0.257 e. The van der Waals surface area contributed by atoms with E-state index < -0.39 is 0 Å². The van der Waals surface area contributed by atoms with E-state index in [2.05, 4.69) is 10.9 Å². The van der Waals surface area contributed by atoms with Crippen LogP contribution in [0.15, 0.2) is 35.1 Å². The van der Waals surface area contributed by atoms with Gasteiger partial charge >= 0.3 is 0 Å². The highest BCUT2D eigenvalue weighted by Crippen LogP contribution is 2.17. The van der Waals surface area contributed by atoms with Crippen molar-refractivity contribution < 1.29 is 0 Å². The number of terminal acetylenes is 1. The number of nitrogens with zero attached hydrogens (tertiary/aromatic N) is 2. The summed E-state index contributed by atoms with van der Waals surface area (Å²) in [6.45, 7) is 4.03. The third kappa shape index (κ3) is 2.43. The number of aryl methyl sites for hydroxylation is 1. The number of hydrogen-bond donors (Lipinski definition) is 0. The molecule has 0 bridgehead atoms. The van der Waals surface area contributed by atoms with Crippen molar-refractivity contribution in [3.63, 3.8) is 0 Å². The number of aromatic nitrogens is 2. The van der Waals surface area contributed by atoms with Gasteiger partial charge in [-0.25, -0.2) is 4.98 Å². The van der Waals surface area contributed by atoms with Gasteiger partial charge in [-0.2, -0.15) is 0 Å². The zero-order valence-corrected chi connectivity index (χ0v) is 11.2. The van der Waals surface area contributed by atoms with Gasteiger partial charge in [-0.3, -0.25) is 9.36 Å². The summed E-state index contributed by atoms with van der Waals surface area (Å²) in [5.74, 6) is 3.17. The molecule has 1 aromatic heterocycles. The Morgan fingerprint density at radius 2 is 2.00 bits per heavy atom. The molecule has 0 N–H and O–H groups in total. The van der Waals surface area contributed by atoms with E-state index in [1.54, 1.807) is 11.5 Å². The molecule has 0 aliphatic heterocycles. The lowest BCUT2D eigenvalue weighted by Crippen LogP contribution is -2.26. The van der Waals surface area contributed by atoms with Gasteiger partial charge in [0.15, 0.2) is 0 Å². The molecular weight excluding hydrogens is 236 g/mol. The van der Waals surface area contributed by atoms with Crippen molar-refractivity contribution in [2.75, 3.05) is 0 Å². The Morgan fingerprint density at radius 3 is 2.58 bits per heavy atom. The molecule has 0 spiro atoms. The molecule has 0 aliphatic rings. The van der Waals surface area contributed by atoms with Crippen molar-refractivity contribution in [3.8, 4) is 23.7 Å². The molecule has 0 radical (unpaired) electrons. The van der Waals surface area contributed by atoms with Gasteiger partial charge in [0, 0.05) is 11.1 Å². The lowest BCUT2D eigenvalue weighted by atomic mass is 10.1. The summed E-state index contributed by atoms with van der Waals surface area (Å²) in [5.41, 5.74) is 2.36.